The van der Waals surface area contributed by atoms with Gasteiger partial charge >= 0.3 is 0 Å². The lowest BCUT2D eigenvalue weighted by Crippen LogP contribution is -2.47. The molecule has 1 aliphatic heterocycles. The van der Waals surface area contributed by atoms with Gasteiger partial charge in [-0.3, -0.25) is 9.69 Å². The lowest BCUT2D eigenvalue weighted by molar-refractivity contribution is 0.0951. The van der Waals surface area contributed by atoms with Crippen LogP contribution in [0.4, 0.5) is 5.69 Å². The summed E-state index contributed by atoms with van der Waals surface area (Å²) in [6, 6.07) is 15.8. The summed E-state index contributed by atoms with van der Waals surface area (Å²) < 4.78 is 10.8. The molecule has 1 saturated heterocycles. The quantitative estimate of drug-likeness (QED) is 0.659. The molecule has 0 radical (unpaired) electrons. The largest absolute Gasteiger partial charge is 0.493 e. The summed E-state index contributed by atoms with van der Waals surface area (Å²) in [5.74, 6) is 1.15. The van der Waals surface area contributed by atoms with Crippen LogP contribution in [-0.2, 0) is 0 Å². The standard InChI is InChI=1S/C23H31N3O3/c1-3-29-21-11-10-19(18-22(21)28-2)23(27)24-12-7-13-25-14-16-26(17-15-25)20-8-5-4-6-9-20/h4-6,8-11,18H,3,7,12-17H2,1-2H3,(H,24,27). The van der Waals surface area contributed by atoms with Gasteiger partial charge in [0.15, 0.2) is 11.5 Å². The molecule has 156 valence electrons. The van der Waals surface area contributed by atoms with E-state index < -0.39 is 0 Å². The normalized spacial score (nSPS) is 14.5. The molecular formula is C23H31N3O3. The average molecular weight is 398 g/mol. The van der Waals surface area contributed by atoms with Gasteiger partial charge in [0.2, 0.25) is 0 Å². The molecule has 0 bridgehead atoms. The fourth-order valence-electron chi connectivity index (χ4n) is 3.56. The molecule has 0 aliphatic carbocycles. The van der Waals surface area contributed by atoms with E-state index in [9.17, 15) is 4.79 Å². The Morgan fingerprint density at radius 3 is 2.48 bits per heavy atom. The third kappa shape index (κ3) is 5.87. The second-order valence-corrected chi connectivity index (χ2v) is 7.07. The molecule has 0 unspecified atom stereocenters. The minimum atomic E-state index is -0.0831. The lowest BCUT2D eigenvalue weighted by Gasteiger charge is -2.36. The summed E-state index contributed by atoms with van der Waals surface area (Å²) >= 11 is 0. The zero-order chi connectivity index (χ0) is 20.5. The van der Waals surface area contributed by atoms with Crippen LogP contribution >= 0.6 is 0 Å². The van der Waals surface area contributed by atoms with E-state index in [4.69, 9.17) is 9.47 Å². The number of benzene rings is 2. The maximum atomic E-state index is 12.4. The van der Waals surface area contributed by atoms with Gasteiger partial charge in [0.25, 0.3) is 5.91 Å². The molecule has 0 saturated carbocycles. The maximum Gasteiger partial charge on any atom is 0.251 e. The van der Waals surface area contributed by atoms with Gasteiger partial charge in [-0.1, -0.05) is 18.2 Å². The minimum absolute atomic E-state index is 0.0831. The molecule has 2 aromatic rings. The molecule has 2 aromatic carbocycles. The van der Waals surface area contributed by atoms with Crippen LogP contribution in [0.3, 0.4) is 0 Å². The summed E-state index contributed by atoms with van der Waals surface area (Å²) in [5.41, 5.74) is 1.88. The third-order valence-corrected chi connectivity index (χ3v) is 5.16. The lowest BCUT2D eigenvalue weighted by atomic mass is 10.2. The highest BCUT2D eigenvalue weighted by Crippen LogP contribution is 2.28. The Balaban J connectivity index is 1.38. The van der Waals surface area contributed by atoms with E-state index in [-0.39, 0.29) is 5.91 Å². The first-order chi connectivity index (χ1) is 14.2. The zero-order valence-electron chi connectivity index (χ0n) is 17.4. The van der Waals surface area contributed by atoms with Crippen molar-refractivity contribution in [2.24, 2.45) is 0 Å². The predicted octanol–water partition coefficient (Wildman–Crippen LogP) is 3.04. The van der Waals surface area contributed by atoms with Crippen molar-refractivity contribution >= 4 is 11.6 Å². The molecule has 1 heterocycles. The van der Waals surface area contributed by atoms with E-state index in [1.54, 1.807) is 25.3 Å². The SMILES string of the molecule is CCOc1ccc(C(=O)NCCCN2CCN(c3ccccc3)CC2)cc1OC. The number of nitrogens with one attached hydrogen (secondary N) is 1. The highest BCUT2D eigenvalue weighted by atomic mass is 16.5. The summed E-state index contributed by atoms with van der Waals surface area (Å²) in [6.07, 6.45) is 0.936. The number of para-hydroxylation sites is 1. The van der Waals surface area contributed by atoms with Crippen LogP contribution in [-0.4, -0.2) is 63.8 Å². The van der Waals surface area contributed by atoms with Crippen molar-refractivity contribution in [2.45, 2.75) is 13.3 Å². The Bertz CT molecular complexity index is 774. The van der Waals surface area contributed by atoms with Crippen molar-refractivity contribution in [3.63, 3.8) is 0 Å². The summed E-state index contributed by atoms with van der Waals surface area (Å²) in [5, 5.41) is 3.00. The van der Waals surface area contributed by atoms with Gasteiger partial charge in [-0.25, -0.2) is 0 Å². The Morgan fingerprint density at radius 2 is 1.79 bits per heavy atom. The molecule has 6 nitrogen and oxygen atoms in total. The van der Waals surface area contributed by atoms with Crippen molar-refractivity contribution < 1.29 is 14.3 Å². The molecule has 29 heavy (non-hydrogen) atoms. The number of hydrogen-bond donors (Lipinski definition) is 1. The van der Waals surface area contributed by atoms with Crippen LogP contribution in [0.15, 0.2) is 48.5 Å². The molecular weight excluding hydrogens is 366 g/mol. The monoisotopic (exact) mass is 397 g/mol. The number of methoxy groups -OCH3 is 1. The van der Waals surface area contributed by atoms with E-state index in [1.807, 2.05) is 6.92 Å². The fraction of sp³-hybridized carbons (Fsp3) is 0.435. The maximum absolute atomic E-state index is 12.4. The van der Waals surface area contributed by atoms with E-state index in [0.29, 0.717) is 30.2 Å². The first-order valence-corrected chi connectivity index (χ1v) is 10.3. The van der Waals surface area contributed by atoms with Gasteiger partial charge in [0, 0.05) is 44.0 Å². The van der Waals surface area contributed by atoms with Crippen molar-refractivity contribution in [3.8, 4) is 11.5 Å². The van der Waals surface area contributed by atoms with Gasteiger partial charge in [0.05, 0.1) is 13.7 Å². The molecule has 1 fully saturated rings. The summed E-state index contributed by atoms with van der Waals surface area (Å²) in [7, 11) is 1.58. The second kappa shape index (κ2) is 10.7. The van der Waals surface area contributed by atoms with Crippen LogP contribution in [0, 0.1) is 0 Å². The van der Waals surface area contributed by atoms with Crippen molar-refractivity contribution in [1.82, 2.24) is 10.2 Å². The predicted molar refractivity (Wildman–Crippen MR) is 116 cm³/mol. The van der Waals surface area contributed by atoms with Crippen LogP contribution in [0.2, 0.25) is 0 Å². The van der Waals surface area contributed by atoms with E-state index in [1.165, 1.54) is 5.69 Å². The highest BCUT2D eigenvalue weighted by Gasteiger charge is 2.17. The number of hydrogen-bond acceptors (Lipinski definition) is 5. The van der Waals surface area contributed by atoms with Gasteiger partial charge in [-0.2, -0.15) is 0 Å². The van der Waals surface area contributed by atoms with Gasteiger partial charge in [-0.05, 0) is 50.2 Å². The number of ether oxygens (including phenoxy) is 2. The number of piperazine rings is 1. The molecule has 6 heteroatoms. The van der Waals surface area contributed by atoms with Gasteiger partial charge in [-0.15, -0.1) is 0 Å². The van der Waals surface area contributed by atoms with E-state index >= 15 is 0 Å². The topological polar surface area (TPSA) is 54.0 Å². The van der Waals surface area contributed by atoms with Crippen molar-refractivity contribution in [3.05, 3.63) is 54.1 Å². The van der Waals surface area contributed by atoms with Crippen LogP contribution < -0.4 is 19.7 Å². The van der Waals surface area contributed by atoms with E-state index in [0.717, 1.165) is 39.1 Å². The molecule has 1 amide bonds. The first kappa shape index (κ1) is 21.0. The zero-order valence-corrected chi connectivity index (χ0v) is 17.4. The fourth-order valence-corrected chi connectivity index (χ4v) is 3.56. The Hall–Kier alpha value is -2.73. The number of carbonyl (C=O) groups excluding carboxylic acids is 1. The summed E-state index contributed by atoms with van der Waals surface area (Å²) in [4.78, 5) is 17.3. The number of nitrogens with zero attached hydrogens (tertiary/aromatic N) is 2. The molecule has 3 rings (SSSR count). The smallest absolute Gasteiger partial charge is 0.251 e. The second-order valence-electron chi connectivity index (χ2n) is 7.07. The summed E-state index contributed by atoms with van der Waals surface area (Å²) in [6.45, 7) is 8.33. The molecule has 1 aliphatic rings. The van der Waals surface area contributed by atoms with Crippen molar-refractivity contribution in [1.29, 1.82) is 0 Å². The Labute approximate surface area is 173 Å². The van der Waals surface area contributed by atoms with Crippen molar-refractivity contribution in [2.75, 3.05) is 57.9 Å². The van der Waals surface area contributed by atoms with Crippen LogP contribution in [0.5, 0.6) is 11.5 Å². The van der Waals surface area contributed by atoms with Gasteiger partial charge < -0.3 is 19.7 Å². The molecule has 0 spiro atoms. The van der Waals surface area contributed by atoms with E-state index in [2.05, 4.69) is 45.4 Å². The molecule has 0 atom stereocenters. The molecule has 0 aromatic heterocycles. The third-order valence-electron chi connectivity index (χ3n) is 5.16. The number of carbonyl (C=O) groups is 1. The number of amides is 1. The Kier molecular flexibility index (Phi) is 7.76. The number of anilines is 1. The average Bonchev–Trinajstić information content (AvgIpc) is 2.78. The van der Waals surface area contributed by atoms with Gasteiger partial charge in [0.1, 0.15) is 0 Å². The minimum Gasteiger partial charge on any atom is -0.493 e. The van der Waals surface area contributed by atoms with Crippen LogP contribution in [0.25, 0.3) is 0 Å². The first-order valence-electron chi connectivity index (χ1n) is 10.3. The highest BCUT2D eigenvalue weighted by molar-refractivity contribution is 5.94. The van der Waals surface area contributed by atoms with Crippen LogP contribution in [0.1, 0.15) is 23.7 Å². The number of rotatable bonds is 9. The molecule has 1 N–H and O–H groups in total. The Morgan fingerprint density at radius 1 is 1.03 bits per heavy atom.